The minimum atomic E-state index is -1.11. The predicted octanol–water partition coefficient (Wildman–Crippen LogP) is 5.47. The average Bonchev–Trinajstić information content (AvgIpc) is 2.71. The van der Waals surface area contributed by atoms with Crippen LogP contribution in [0.2, 0.25) is 0 Å². The van der Waals surface area contributed by atoms with Gasteiger partial charge in [-0.05, 0) is 42.7 Å². The van der Waals surface area contributed by atoms with E-state index >= 15 is 0 Å². The Morgan fingerprint density at radius 1 is 0.833 bits per heavy atom. The van der Waals surface area contributed by atoms with Crippen LogP contribution in [0.4, 0.5) is 0 Å². The molecule has 30 heavy (non-hydrogen) atoms. The third-order valence-corrected chi connectivity index (χ3v) is 4.14. The Bertz CT molecular complexity index is 661. The molecular formula is C23H32O6Zn. The Hall–Kier alpha value is -2.24. The summed E-state index contributed by atoms with van der Waals surface area (Å²) < 4.78 is 0. The van der Waals surface area contributed by atoms with Gasteiger partial charge in [0.25, 0.3) is 0 Å². The van der Waals surface area contributed by atoms with Crippen LogP contribution in [0.15, 0.2) is 48.5 Å². The molecular weight excluding hydrogens is 438 g/mol. The number of carboxylic acid groups (broad SMARTS) is 1. The number of hydrogen-bond acceptors (Lipinski definition) is 4. The maximum atomic E-state index is 10.3. The van der Waals surface area contributed by atoms with Gasteiger partial charge in [0.15, 0.2) is 0 Å². The summed E-state index contributed by atoms with van der Waals surface area (Å²) >= 11 is 0. The summed E-state index contributed by atoms with van der Waals surface area (Å²) in [6.45, 7) is 4.25. The SMILES string of the molecule is C=O.CCCCCCCCCc1ccc(O)cc1.O=C(O)c1ccccc1O.[O-2].[Zn+2]. The van der Waals surface area contributed by atoms with Crippen LogP contribution in [0.25, 0.3) is 0 Å². The van der Waals surface area contributed by atoms with Crippen LogP contribution in [0.3, 0.4) is 0 Å². The van der Waals surface area contributed by atoms with E-state index in [1.807, 2.05) is 18.9 Å². The second kappa shape index (κ2) is 21.5. The van der Waals surface area contributed by atoms with Gasteiger partial charge < -0.3 is 25.6 Å². The topological polar surface area (TPSA) is 123 Å². The number of para-hydroxylation sites is 1. The van der Waals surface area contributed by atoms with Gasteiger partial charge in [0, 0.05) is 0 Å². The minimum absolute atomic E-state index is 0. The summed E-state index contributed by atoms with van der Waals surface area (Å²) in [4.78, 5) is 18.3. The summed E-state index contributed by atoms with van der Waals surface area (Å²) in [5.74, 6) is -0.948. The molecule has 0 saturated heterocycles. The zero-order chi connectivity index (χ0) is 21.2. The molecule has 0 aliphatic carbocycles. The van der Waals surface area contributed by atoms with Crippen molar-refractivity contribution < 1.29 is 49.9 Å². The average molecular weight is 470 g/mol. The van der Waals surface area contributed by atoms with Gasteiger partial charge in [0.1, 0.15) is 23.9 Å². The molecule has 0 unspecified atom stereocenters. The molecule has 0 bridgehead atoms. The third-order valence-electron chi connectivity index (χ3n) is 4.14. The van der Waals surface area contributed by atoms with Crippen molar-refractivity contribution in [3.63, 3.8) is 0 Å². The number of carbonyl (C=O) groups excluding carboxylic acids is 1. The number of carbonyl (C=O) groups is 2. The van der Waals surface area contributed by atoms with Gasteiger partial charge >= 0.3 is 25.4 Å². The van der Waals surface area contributed by atoms with Crippen LogP contribution in [0.5, 0.6) is 11.5 Å². The fraction of sp³-hybridized carbons (Fsp3) is 0.391. The zero-order valence-electron chi connectivity index (χ0n) is 17.8. The Morgan fingerprint density at radius 3 is 1.80 bits per heavy atom. The molecule has 2 rings (SSSR count). The van der Waals surface area contributed by atoms with Gasteiger partial charge in [0.2, 0.25) is 0 Å². The molecule has 0 saturated carbocycles. The maximum absolute atomic E-state index is 10.3. The first-order valence-electron chi connectivity index (χ1n) is 9.62. The number of carboxylic acids is 1. The quantitative estimate of drug-likeness (QED) is 0.332. The smallest absolute Gasteiger partial charge is 2.00 e. The van der Waals surface area contributed by atoms with E-state index in [-0.39, 0.29) is 36.3 Å². The molecule has 2 aromatic carbocycles. The van der Waals surface area contributed by atoms with Crippen molar-refractivity contribution in [3.8, 4) is 11.5 Å². The molecule has 0 aliphatic rings. The van der Waals surface area contributed by atoms with Crippen molar-refractivity contribution in [2.75, 3.05) is 0 Å². The Kier molecular flexibility index (Phi) is 23.2. The second-order valence-corrected chi connectivity index (χ2v) is 6.36. The first-order valence-corrected chi connectivity index (χ1v) is 9.62. The summed E-state index contributed by atoms with van der Waals surface area (Å²) in [6.07, 6.45) is 10.6. The van der Waals surface area contributed by atoms with E-state index in [1.54, 1.807) is 24.3 Å². The number of aromatic carboxylic acids is 1. The predicted molar refractivity (Wildman–Crippen MR) is 113 cm³/mol. The molecule has 0 fully saturated rings. The van der Waals surface area contributed by atoms with Gasteiger partial charge in [0.05, 0.1) is 0 Å². The van der Waals surface area contributed by atoms with Crippen molar-refractivity contribution in [2.45, 2.75) is 58.3 Å². The van der Waals surface area contributed by atoms with Crippen LogP contribution in [0.1, 0.15) is 67.8 Å². The summed E-state index contributed by atoms with van der Waals surface area (Å²) in [6, 6.07) is 13.4. The van der Waals surface area contributed by atoms with Crippen molar-refractivity contribution in [3.05, 3.63) is 59.7 Å². The van der Waals surface area contributed by atoms with Gasteiger partial charge in [-0.3, -0.25) is 0 Å². The first kappa shape index (κ1) is 32.4. The molecule has 0 heterocycles. The number of benzene rings is 2. The molecule has 2 aromatic rings. The third kappa shape index (κ3) is 15.7. The van der Waals surface area contributed by atoms with Crippen molar-refractivity contribution in [1.82, 2.24) is 0 Å². The molecule has 162 valence electrons. The number of aromatic hydroxyl groups is 2. The zero-order valence-corrected chi connectivity index (χ0v) is 20.7. The van der Waals surface area contributed by atoms with E-state index in [0.717, 1.165) is 6.42 Å². The van der Waals surface area contributed by atoms with Crippen LogP contribution >= 0.6 is 0 Å². The van der Waals surface area contributed by atoms with E-state index in [4.69, 9.17) is 20.1 Å². The molecule has 6 nitrogen and oxygen atoms in total. The van der Waals surface area contributed by atoms with Crippen LogP contribution in [0, 0.1) is 0 Å². The Morgan fingerprint density at radius 2 is 1.33 bits per heavy atom. The fourth-order valence-corrected chi connectivity index (χ4v) is 2.60. The standard InChI is InChI=1S/C15H24O.C7H6O3.CH2O.O.Zn/c1-2-3-4-5-6-7-8-9-14-10-12-15(16)13-11-14;8-6-4-2-1-3-5(6)7(9)10;1-2;;/h10-13,16H,2-9H2,1H3;1-4,8H,(H,9,10);1H2;;/q;;;-2;+2. The van der Waals surface area contributed by atoms with Crippen molar-refractivity contribution in [2.24, 2.45) is 0 Å². The van der Waals surface area contributed by atoms with Crippen molar-refractivity contribution >= 4 is 12.8 Å². The number of unbranched alkanes of at least 4 members (excludes halogenated alkanes) is 6. The molecule has 0 aliphatic heterocycles. The molecule has 0 amide bonds. The van der Waals surface area contributed by atoms with Crippen LogP contribution in [-0.2, 0) is 36.2 Å². The van der Waals surface area contributed by atoms with E-state index < -0.39 is 5.97 Å². The van der Waals surface area contributed by atoms with Gasteiger partial charge in [-0.1, -0.05) is 69.7 Å². The molecule has 0 spiro atoms. The largest absolute Gasteiger partial charge is 2.00 e. The summed E-state index contributed by atoms with van der Waals surface area (Å²) in [5, 5.41) is 26.5. The first-order chi connectivity index (χ1) is 13.5. The normalized spacial score (nSPS) is 8.83. The van der Waals surface area contributed by atoms with E-state index in [1.165, 1.54) is 62.6 Å². The number of rotatable bonds is 9. The summed E-state index contributed by atoms with van der Waals surface area (Å²) in [5.41, 5.74) is 1.27. The van der Waals surface area contributed by atoms with E-state index in [9.17, 15) is 4.79 Å². The van der Waals surface area contributed by atoms with Gasteiger partial charge in [-0.2, -0.15) is 0 Å². The maximum Gasteiger partial charge on any atom is 2.00 e. The summed E-state index contributed by atoms with van der Waals surface area (Å²) in [7, 11) is 0. The fourth-order valence-electron chi connectivity index (χ4n) is 2.60. The second-order valence-electron chi connectivity index (χ2n) is 6.36. The molecule has 7 heteroatoms. The van der Waals surface area contributed by atoms with Crippen LogP contribution < -0.4 is 0 Å². The van der Waals surface area contributed by atoms with Gasteiger partial charge in [-0.25, -0.2) is 4.79 Å². The Labute approximate surface area is 192 Å². The molecule has 0 aromatic heterocycles. The number of phenolic OH excluding ortho intramolecular Hbond substituents is 1. The molecule has 0 atom stereocenters. The van der Waals surface area contributed by atoms with Gasteiger partial charge in [-0.15, -0.1) is 0 Å². The number of aryl methyl sites for hydroxylation is 1. The minimum Gasteiger partial charge on any atom is -2.00 e. The molecule has 0 radical (unpaired) electrons. The van der Waals surface area contributed by atoms with Crippen LogP contribution in [-0.4, -0.2) is 28.1 Å². The van der Waals surface area contributed by atoms with Crippen molar-refractivity contribution in [1.29, 1.82) is 0 Å². The monoisotopic (exact) mass is 468 g/mol. The van der Waals surface area contributed by atoms with E-state index in [0.29, 0.717) is 5.75 Å². The Balaban J connectivity index is -0.000000453. The number of hydrogen-bond donors (Lipinski definition) is 3. The van der Waals surface area contributed by atoms with E-state index in [2.05, 4.69) is 6.92 Å². The molecule has 3 N–H and O–H groups in total. The number of phenols is 2.